The molecule has 2 heterocycles. The lowest BCUT2D eigenvalue weighted by Crippen LogP contribution is -2.11. The number of rotatable bonds is 4. The molecule has 0 spiro atoms. The summed E-state index contributed by atoms with van der Waals surface area (Å²) >= 11 is 6.59. The van der Waals surface area contributed by atoms with Crippen LogP contribution in [-0.2, 0) is 10.0 Å². The minimum Gasteiger partial charge on any atom is -0.324 e. The number of nitrogens with zero attached hydrogens (tertiary/aromatic N) is 2. The molecule has 3 aromatic rings. The number of nitrogens with one attached hydrogen (secondary N) is 1. The summed E-state index contributed by atoms with van der Waals surface area (Å²) in [5, 5.41) is 0. The lowest BCUT2D eigenvalue weighted by atomic mass is 10.3. The summed E-state index contributed by atoms with van der Waals surface area (Å²) in [7, 11) is -3.67. The van der Waals surface area contributed by atoms with Crippen molar-refractivity contribution in [3.63, 3.8) is 0 Å². The van der Waals surface area contributed by atoms with Gasteiger partial charge >= 0.3 is 0 Å². The van der Waals surface area contributed by atoms with E-state index in [0.29, 0.717) is 5.69 Å². The summed E-state index contributed by atoms with van der Waals surface area (Å²) in [6.45, 7) is 0. The van der Waals surface area contributed by atoms with Crippen molar-refractivity contribution >= 4 is 38.6 Å². The fourth-order valence-corrected chi connectivity index (χ4v) is 4.15. The maximum absolute atomic E-state index is 12.2. The highest BCUT2D eigenvalue weighted by atomic mass is 35.5. The quantitative estimate of drug-likeness (QED) is 0.792. The van der Waals surface area contributed by atoms with Crippen molar-refractivity contribution in [2.24, 2.45) is 0 Å². The molecular weight excluding hydrogens is 330 g/mol. The van der Waals surface area contributed by atoms with Gasteiger partial charge in [-0.3, -0.25) is 4.72 Å². The Balaban J connectivity index is 1.90. The first-order chi connectivity index (χ1) is 10.0. The topological polar surface area (TPSA) is 64.0 Å². The fourth-order valence-electron chi connectivity index (χ4n) is 1.81. The van der Waals surface area contributed by atoms with Crippen LogP contribution < -0.4 is 4.72 Å². The van der Waals surface area contributed by atoms with Gasteiger partial charge < -0.3 is 4.57 Å². The van der Waals surface area contributed by atoms with Gasteiger partial charge in [-0.2, -0.15) is 0 Å². The second-order valence-electron chi connectivity index (χ2n) is 4.18. The van der Waals surface area contributed by atoms with Gasteiger partial charge in [-0.25, -0.2) is 13.4 Å². The third-order valence-electron chi connectivity index (χ3n) is 2.72. The zero-order chi connectivity index (χ0) is 14.9. The molecule has 0 aliphatic rings. The molecule has 5 nitrogen and oxygen atoms in total. The second kappa shape index (κ2) is 5.51. The van der Waals surface area contributed by atoms with Crippen LogP contribution in [0.2, 0.25) is 4.47 Å². The molecule has 0 unspecified atom stereocenters. The van der Waals surface area contributed by atoms with Gasteiger partial charge in [-0.15, -0.1) is 0 Å². The first kappa shape index (κ1) is 14.1. The minimum atomic E-state index is -3.67. The molecule has 1 N–H and O–H groups in total. The van der Waals surface area contributed by atoms with E-state index in [2.05, 4.69) is 9.71 Å². The summed E-state index contributed by atoms with van der Waals surface area (Å²) in [5.41, 5.74) is 1.34. The zero-order valence-corrected chi connectivity index (χ0v) is 13.0. The summed E-state index contributed by atoms with van der Waals surface area (Å²) in [4.78, 5) is 3.74. The highest BCUT2D eigenvalue weighted by Crippen LogP contribution is 2.25. The van der Waals surface area contributed by atoms with Gasteiger partial charge in [0.05, 0.1) is 11.9 Å². The monoisotopic (exact) mass is 339 g/mol. The SMILES string of the molecule is O=S(=O)(Nc1cccc(-n2cccc2)c1)c1cnc(Cl)s1. The first-order valence-corrected chi connectivity index (χ1v) is 8.60. The van der Waals surface area contributed by atoms with E-state index in [4.69, 9.17) is 11.6 Å². The Morgan fingerprint density at radius 3 is 2.62 bits per heavy atom. The average Bonchev–Trinajstić information content (AvgIpc) is 3.09. The Labute approximate surface area is 130 Å². The minimum absolute atomic E-state index is 0.0823. The molecule has 0 fully saturated rings. The predicted molar refractivity (Wildman–Crippen MR) is 83.7 cm³/mol. The molecule has 3 rings (SSSR count). The van der Waals surface area contributed by atoms with E-state index >= 15 is 0 Å². The van der Waals surface area contributed by atoms with Crippen molar-refractivity contribution in [1.82, 2.24) is 9.55 Å². The maximum atomic E-state index is 12.2. The number of benzene rings is 1. The van der Waals surface area contributed by atoms with Gasteiger partial charge in [-0.05, 0) is 30.3 Å². The summed E-state index contributed by atoms with van der Waals surface area (Å²) < 4.78 is 29.1. The Bertz CT molecular complexity index is 857. The molecule has 0 aliphatic carbocycles. The van der Waals surface area contributed by atoms with Crippen molar-refractivity contribution in [3.8, 4) is 5.69 Å². The molecule has 108 valence electrons. The van der Waals surface area contributed by atoms with Crippen LogP contribution in [0.15, 0.2) is 59.2 Å². The fraction of sp³-hybridized carbons (Fsp3) is 0. The number of hydrogen-bond acceptors (Lipinski definition) is 4. The second-order valence-corrected chi connectivity index (χ2v) is 7.70. The van der Waals surface area contributed by atoms with Crippen LogP contribution in [0.1, 0.15) is 0 Å². The Hall–Kier alpha value is -1.83. The van der Waals surface area contributed by atoms with E-state index in [1.54, 1.807) is 18.2 Å². The summed E-state index contributed by atoms with van der Waals surface area (Å²) in [6.07, 6.45) is 5.01. The molecule has 0 aliphatic heterocycles. The van der Waals surface area contributed by atoms with Crippen molar-refractivity contribution in [2.45, 2.75) is 4.21 Å². The van der Waals surface area contributed by atoms with Gasteiger partial charge in [0, 0.05) is 18.1 Å². The van der Waals surface area contributed by atoms with E-state index in [1.165, 1.54) is 6.20 Å². The number of aromatic nitrogens is 2. The average molecular weight is 340 g/mol. The molecule has 0 radical (unpaired) electrons. The van der Waals surface area contributed by atoms with Crippen LogP contribution >= 0.6 is 22.9 Å². The Morgan fingerprint density at radius 2 is 1.95 bits per heavy atom. The molecule has 0 amide bonds. The number of sulfonamides is 1. The van der Waals surface area contributed by atoms with Gasteiger partial charge in [0.2, 0.25) is 0 Å². The highest BCUT2D eigenvalue weighted by molar-refractivity contribution is 7.94. The lowest BCUT2D eigenvalue weighted by molar-refractivity contribution is 0.603. The van der Waals surface area contributed by atoms with Crippen molar-refractivity contribution in [1.29, 1.82) is 0 Å². The van der Waals surface area contributed by atoms with Crippen LogP contribution in [0.3, 0.4) is 0 Å². The highest BCUT2D eigenvalue weighted by Gasteiger charge is 2.17. The van der Waals surface area contributed by atoms with E-state index < -0.39 is 10.0 Å². The van der Waals surface area contributed by atoms with E-state index in [-0.39, 0.29) is 8.68 Å². The zero-order valence-electron chi connectivity index (χ0n) is 10.6. The standard InChI is InChI=1S/C13H10ClN3O2S2/c14-13-15-9-12(20-13)21(18,19)16-10-4-3-5-11(8-10)17-6-1-2-7-17/h1-9,16H. The summed E-state index contributed by atoms with van der Waals surface area (Å²) in [5.74, 6) is 0. The molecule has 0 saturated heterocycles. The molecule has 0 atom stereocenters. The molecule has 0 saturated carbocycles. The maximum Gasteiger partial charge on any atom is 0.273 e. The number of halogens is 1. The van der Waals surface area contributed by atoms with Crippen LogP contribution in [0, 0.1) is 0 Å². The van der Waals surface area contributed by atoms with Crippen molar-refractivity contribution in [3.05, 3.63) is 59.5 Å². The summed E-state index contributed by atoms with van der Waals surface area (Å²) in [6, 6.07) is 10.9. The van der Waals surface area contributed by atoms with Crippen LogP contribution in [0.25, 0.3) is 5.69 Å². The normalized spacial score (nSPS) is 11.5. The van der Waals surface area contributed by atoms with E-state index in [0.717, 1.165) is 17.0 Å². The molecule has 0 bridgehead atoms. The molecule has 2 aromatic heterocycles. The van der Waals surface area contributed by atoms with Gasteiger partial charge in [-0.1, -0.05) is 29.0 Å². The lowest BCUT2D eigenvalue weighted by Gasteiger charge is -2.08. The largest absolute Gasteiger partial charge is 0.324 e. The van der Waals surface area contributed by atoms with E-state index in [1.807, 2.05) is 35.2 Å². The first-order valence-electron chi connectivity index (χ1n) is 5.92. The van der Waals surface area contributed by atoms with Gasteiger partial charge in [0.1, 0.15) is 0 Å². The number of thiazole rings is 1. The molecule has 8 heteroatoms. The van der Waals surface area contributed by atoms with E-state index in [9.17, 15) is 8.42 Å². The molecule has 21 heavy (non-hydrogen) atoms. The Morgan fingerprint density at radius 1 is 1.19 bits per heavy atom. The van der Waals surface area contributed by atoms with Gasteiger partial charge in [0.25, 0.3) is 10.0 Å². The van der Waals surface area contributed by atoms with Crippen LogP contribution in [0.5, 0.6) is 0 Å². The molecular formula is C13H10ClN3O2S2. The third kappa shape index (κ3) is 3.10. The molecule has 1 aromatic carbocycles. The smallest absolute Gasteiger partial charge is 0.273 e. The number of anilines is 1. The van der Waals surface area contributed by atoms with Crippen LogP contribution in [-0.4, -0.2) is 18.0 Å². The predicted octanol–water partition coefficient (Wildman–Crippen LogP) is 3.39. The third-order valence-corrected chi connectivity index (χ3v) is 5.68. The number of hydrogen-bond donors (Lipinski definition) is 1. The van der Waals surface area contributed by atoms with Gasteiger partial charge in [0.15, 0.2) is 8.68 Å². The van der Waals surface area contributed by atoms with Crippen LogP contribution in [0.4, 0.5) is 5.69 Å². The Kier molecular flexibility index (Phi) is 3.71. The van der Waals surface area contributed by atoms with Crippen molar-refractivity contribution < 1.29 is 8.42 Å². The van der Waals surface area contributed by atoms with Crippen molar-refractivity contribution in [2.75, 3.05) is 4.72 Å².